The van der Waals surface area contributed by atoms with E-state index in [1.807, 2.05) is 13.8 Å². The number of nitrogens with two attached hydrogens (primary N) is 1. The third-order valence-corrected chi connectivity index (χ3v) is 6.66. The summed E-state index contributed by atoms with van der Waals surface area (Å²) in [5.41, 5.74) is 8.58. The molecule has 4 rings (SSSR count). The predicted molar refractivity (Wildman–Crippen MR) is 135 cm³/mol. The molecule has 0 atom stereocenters. The number of pyridine rings is 1. The molecule has 0 fully saturated rings. The number of amides is 2. The predicted octanol–water partition coefficient (Wildman–Crippen LogP) is 4.98. The fraction of sp³-hybridized carbons (Fsp3) is 0.269. The Morgan fingerprint density at radius 2 is 1.84 bits per heavy atom. The average Bonchev–Trinajstić information content (AvgIpc) is 3.48. The standard InChI is InChI=1S/C26H25F2N5O3S/c1-12(2)9-18-22(24(29)34)23(21(13(3)31-18)26-33-32-14(4)36-26)19-7-8-20(37-19)25(35)30-11-15-5-6-16(27)17(28)10-15/h5-8,10,12H,9,11H2,1-4H3,(H2,29,34)(H,30,35). The molecule has 0 unspecified atom stereocenters. The Labute approximate surface area is 215 Å². The summed E-state index contributed by atoms with van der Waals surface area (Å²) < 4.78 is 32.4. The van der Waals surface area contributed by atoms with Crippen LogP contribution in [0.15, 0.2) is 34.7 Å². The van der Waals surface area contributed by atoms with Gasteiger partial charge in [-0.15, -0.1) is 21.5 Å². The minimum Gasteiger partial charge on any atom is -0.421 e. The Balaban J connectivity index is 1.76. The Morgan fingerprint density at radius 1 is 1.08 bits per heavy atom. The van der Waals surface area contributed by atoms with Gasteiger partial charge in [-0.25, -0.2) is 8.78 Å². The fourth-order valence-corrected chi connectivity index (χ4v) is 4.96. The number of aryl methyl sites for hydroxylation is 2. The first-order valence-electron chi connectivity index (χ1n) is 11.5. The van der Waals surface area contributed by atoms with Crippen LogP contribution in [0, 0.1) is 31.4 Å². The van der Waals surface area contributed by atoms with Gasteiger partial charge < -0.3 is 15.5 Å². The van der Waals surface area contributed by atoms with Crippen molar-refractivity contribution in [1.29, 1.82) is 0 Å². The van der Waals surface area contributed by atoms with E-state index in [2.05, 4.69) is 20.5 Å². The Bertz CT molecular complexity index is 1500. The molecule has 4 aromatic rings. The molecule has 1 aromatic carbocycles. The summed E-state index contributed by atoms with van der Waals surface area (Å²) in [7, 11) is 0. The molecule has 3 aromatic heterocycles. The van der Waals surface area contributed by atoms with Crippen LogP contribution in [0.1, 0.15) is 56.7 Å². The van der Waals surface area contributed by atoms with Crippen LogP contribution in [-0.4, -0.2) is 27.0 Å². The summed E-state index contributed by atoms with van der Waals surface area (Å²) in [5, 5.41) is 10.7. The molecule has 192 valence electrons. The highest BCUT2D eigenvalue weighted by Crippen LogP contribution is 2.41. The lowest BCUT2D eigenvalue weighted by Gasteiger charge is -2.17. The molecule has 3 heterocycles. The van der Waals surface area contributed by atoms with Gasteiger partial charge in [-0.1, -0.05) is 19.9 Å². The average molecular weight is 526 g/mol. The minimum absolute atomic E-state index is 0.00914. The summed E-state index contributed by atoms with van der Waals surface area (Å²) in [4.78, 5) is 31.2. The van der Waals surface area contributed by atoms with Crippen LogP contribution in [0.5, 0.6) is 0 Å². The molecule has 0 radical (unpaired) electrons. The van der Waals surface area contributed by atoms with Crippen molar-refractivity contribution in [2.45, 2.75) is 40.7 Å². The van der Waals surface area contributed by atoms with Gasteiger partial charge in [-0.05, 0) is 49.1 Å². The largest absolute Gasteiger partial charge is 0.421 e. The Morgan fingerprint density at radius 3 is 2.46 bits per heavy atom. The molecular formula is C26H25F2N5O3S. The van der Waals surface area contributed by atoms with Gasteiger partial charge in [0, 0.05) is 23.9 Å². The van der Waals surface area contributed by atoms with Crippen molar-refractivity contribution in [1.82, 2.24) is 20.5 Å². The molecule has 11 heteroatoms. The van der Waals surface area contributed by atoms with Crippen LogP contribution < -0.4 is 11.1 Å². The van der Waals surface area contributed by atoms with Crippen LogP contribution in [0.4, 0.5) is 8.78 Å². The summed E-state index contributed by atoms with van der Waals surface area (Å²) in [5.74, 6) is -2.28. The zero-order chi connectivity index (χ0) is 26.9. The number of rotatable bonds is 8. The maximum Gasteiger partial charge on any atom is 0.261 e. The lowest BCUT2D eigenvalue weighted by molar-refractivity contribution is 0.0953. The molecule has 0 aliphatic carbocycles. The van der Waals surface area contributed by atoms with Crippen molar-refractivity contribution in [3.8, 4) is 21.9 Å². The molecule has 0 saturated heterocycles. The van der Waals surface area contributed by atoms with Crippen molar-refractivity contribution < 1.29 is 22.8 Å². The van der Waals surface area contributed by atoms with E-state index in [0.29, 0.717) is 50.1 Å². The monoisotopic (exact) mass is 525 g/mol. The second kappa shape index (κ2) is 10.6. The van der Waals surface area contributed by atoms with Crippen molar-refractivity contribution in [2.75, 3.05) is 0 Å². The lowest BCUT2D eigenvalue weighted by Crippen LogP contribution is -2.21. The number of benzene rings is 1. The van der Waals surface area contributed by atoms with Crippen molar-refractivity contribution >= 4 is 23.2 Å². The van der Waals surface area contributed by atoms with Crippen LogP contribution >= 0.6 is 11.3 Å². The van der Waals surface area contributed by atoms with E-state index in [4.69, 9.17) is 10.2 Å². The van der Waals surface area contributed by atoms with Gasteiger partial charge in [-0.2, -0.15) is 0 Å². The van der Waals surface area contributed by atoms with Crippen molar-refractivity contribution in [2.24, 2.45) is 11.7 Å². The Kier molecular flexibility index (Phi) is 7.44. The van der Waals surface area contributed by atoms with Gasteiger partial charge in [0.15, 0.2) is 11.6 Å². The van der Waals surface area contributed by atoms with Crippen LogP contribution in [0.2, 0.25) is 0 Å². The van der Waals surface area contributed by atoms with Crippen LogP contribution in [0.25, 0.3) is 21.9 Å². The number of aromatic nitrogens is 3. The normalized spacial score (nSPS) is 11.2. The maximum atomic E-state index is 13.5. The van der Waals surface area contributed by atoms with Crippen molar-refractivity contribution in [3.05, 3.63) is 75.2 Å². The van der Waals surface area contributed by atoms with Crippen LogP contribution in [0.3, 0.4) is 0 Å². The number of carbonyl (C=O) groups is 2. The first-order valence-corrected chi connectivity index (χ1v) is 12.3. The zero-order valence-electron chi connectivity index (χ0n) is 20.7. The summed E-state index contributed by atoms with van der Waals surface area (Å²) in [6, 6.07) is 6.76. The summed E-state index contributed by atoms with van der Waals surface area (Å²) in [6.45, 7) is 7.47. The molecule has 0 aliphatic rings. The van der Waals surface area contributed by atoms with Gasteiger partial charge in [0.1, 0.15) is 0 Å². The van der Waals surface area contributed by atoms with E-state index >= 15 is 0 Å². The highest BCUT2D eigenvalue weighted by Gasteiger charge is 2.28. The molecule has 8 nitrogen and oxygen atoms in total. The number of hydrogen-bond donors (Lipinski definition) is 2. The molecule has 37 heavy (non-hydrogen) atoms. The van der Waals surface area contributed by atoms with E-state index in [1.165, 1.54) is 6.07 Å². The SMILES string of the molecule is Cc1nnc(-c2c(C)nc(CC(C)C)c(C(N)=O)c2-c2ccc(C(=O)NCc3ccc(F)c(F)c3)s2)o1. The number of carbonyl (C=O) groups excluding carboxylic acids is 2. The number of nitrogens with zero attached hydrogens (tertiary/aromatic N) is 3. The van der Waals surface area contributed by atoms with Gasteiger partial charge in [0.05, 0.1) is 27.4 Å². The number of thiophene rings is 1. The van der Waals surface area contributed by atoms with E-state index in [1.54, 1.807) is 26.0 Å². The Hall–Kier alpha value is -3.99. The third-order valence-electron chi connectivity index (χ3n) is 5.55. The first-order chi connectivity index (χ1) is 17.5. The lowest BCUT2D eigenvalue weighted by atomic mass is 9.93. The molecule has 3 N–H and O–H groups in total. The number of halogens is 2. The summed E-state index contributed by atoms with van der Waals surface area (Å²) >= 11 is 1.15. The van der Waals surface area contributed by atoms with Gasteiger partial charge in [0.2, 0.25) is 11.8 Å². The van der Waals surface area contributed by atoms with E-state index in [9.17, 15) is 18.4 Å². The second-order valence-electron chi connectivity index (χ2n) is 8.95. The van der Waals surface area contributed by atoms with Crippen LogP contribution in [-0.2, 0) is 13.0 Å². The van der Waals surface area contributed by atoms with Gasteiger partial charge >= 0.3 is 0 Å². The number of hydrogen-bond acceptors (Lipinski definition) is 7. The third kappa shape index (κ3) is 5.56. The number of nitrogens with one attached hydrogen (secondary N) is 1. The van der Waals surface area contributed by atoms with E-state index in [-0.39, 0.29) is 23.9 Å². The highest BCUT2D eigenvalue weighted by atomic mass is 32.1. The second-order valence-corrected chi connectivity index (χ2v) is 10.0. The molecule has 0 bridgehead atoms. The van der Waals surface area contributed by atoms with Gasteiger partial charge in [0.25, 0.3) is 11.8 Å². The number of primary amides is 1. The van der Waals surface area contributed by atoms with E-state index < -0.39 is 23.4 Å². The highest BCUT2D eigenvalue weighted by molar-refractivity contribution is 7.17. The molecule has 2 amide bonds. The topological polar surface area (TPSA) is 124 Å². The first kappa shape index (κ1) is 26.1. The van der Waals surface area contributed by atoms with Crippen molar-refractivity contribution in [3.63, 3.8) is 0 Å². The molecular weight excluding hydrogens is 500 g/mol. The smallest absolute Gasteiger partial charge is 0.261 e. The maximum absolute atomic E-state index is 13.5. The zero-order valence-corrected chi connectivity index (χ0v) is 21.5. The quantitative estimate of drug-likeness (QED) is 0.334. The van der Waals surface area contributed by atoms with E-state index in [0.717, 1.165) is 23.5 Å². The molecule has 0 saturated carbocycles. The minimum atomic E-state index is -0.988. The van der Waals surface area contributed by atoms with Gasteiger partial charge in [-0.3, -0.25) is 14.6 Å². The molecule has 0 aliphatic heterocycles. The fourth-order valence-electron chi connectivity index (χ4n) is 3.98. The summed E-state index contributed by atoms with van der Waals surface area (Å²) in [6.07, 6.45) is 0.516. The molecule has 0 spiro atoms.